The Kier molecular flexibility index (Phi) is 8.90. The summed E-state index contributed by atoms with van der Waals surface area (Å²) in [6.45, 7) is 1.71. The van der Waals surface area contributed by atoms with Crippen molar-refractivity contribution in [3.8, 4) is 0 Å². The van der Waals surface area contributed by atoms with Crippen LogP contribution in [0.3, 0.4) is 0 Å². The lowest BCUT2D eigenvalue weighted by Crippen LogP contribution is -2.54. The Morgan fingerprint density at radius 2 is 2.00 bits per heavy atom. The molecule has 10 heteroatoms. The van der Waals surface area contributed by atoms with E-state index in [1.54, 1.807) is 48.4 Å². The zero-order valence-electron chi connectivity index (χ0n) is 17.8. The number of methoxy groups -OCH3 is 1. The number of thiophene rings is 1. The molecule has 3 N–H and O–H groups in total. The van der Waals surface area contributed by atoms with E-state index in [-0.39, 0.29) is 23.8 Å². The third-order valence-electron chi connectivity index (χ3n) is 5.29. The second-order valence-electron chi connectivity index (χ2n) is 7.48. The van der Waals surface area contributed by atoms with Gasteiger partial charge in [0.15, 0.2) is 0 Å². The van der Waals surface area contributed by atoms with E-state index >= 15 is 0 Å². The number of anilines is 1. The lowest BCUT2D eigenvalue weighted by atomic mass is 9.88. The van der Waals surface area contributed by atoms with Gasteiger partial charge in [0.2, 0.25) is 5.91 Å². The number of halogens is 1. The Bertz CT molecular complexity index is 916. The fourth-order valence-corrected chi connectivity index (χ4v) is 4.43. The summed E-state index contributed by atoms with van der Waals surface area (Å²) in [4.78, 5) is 40.3. The third kappa shape index (κ3) is 6.69. The zero-order valence-corrected chi connectivity index (χ0v) is 19.4. The van der Waals surface area contributed by atoms with E-state index in [0.29, 0.717) is 54.7 Å². The molecule has 0 spiro atoms. The van der Waals surface area contributed by atoms with Crippen molar-refractivity contribution >= 4 is 46.5 Å². The van der Waals surface area contributed by atoms with Crippen LogP contribution in [0.25, 0.3) is 0 Å². The number of benzene rings is 1. The molecule has 4 amide bonds. The fourth-order valence-electron chi connectivity index (χ4n) is 3.61. The van der Waals surface area contributed by atoms with Crippen molar-refractivity contribution in [3.63, 3.8) is 0 Å². The smallest absolute Gasteiger partial charge is 0.321 e. The van der Waals surface area contributed by atoms with Crippen LogP contribution in [-0.2, 0) is 9.53 Å². The Morgan fingerprint density at radius 1 is 1.22 bits per heavy atom. The second-order valence-corrected chi connectivity index (χ2v) is 8.86. The molecule has 1 aliphatic heterocycles. The number of nitrogens with one attached hydrogen (secondary N) is 3. The molecule has 8 nitrogen and oxygen atoms in total. The van der Waals surface area contributed by atoms with Crippen molar-refractivity contribution in [1.29, 1.82) is 0 Å². The predicted octanol–water partition coefficient (Wildman–Crippen LogP) is 3.21. The minimum atomic E-state index is -0.681. The first kappa shape index (κ1) is 24.0. The van der Waals surface area contributed by atoms with Gasteiger partial charge in [0.05, 0.1) is 11.5 Å². The number of hydrogen-bond donors (Lipinski definition) is 3. The SMILES string of the molecule is COCCNC(=O)C(NC(=O)c1cccs1)C1CCN(C(=O)Nc2cccc(Cl)c2)CC1. The maximum Gasteiger partial charge on any atom is 0.321 e. The monoisotopic (exact) mass is 478 g/mol. The second kappa shape index (κ2) is 11.8. The van der Waals surface area contributed by atoms with Crippen LogP contribution in [0.15, 0.2) is 41.8 Å². The summed E-state index contributed by atoms with van der Waals surface area (Å²) in [6.07, 6.45) is 1.19. The standard InChI is InChI=1S/C22H27ClN4O4S/c1-31-12-9-24-21(29)19(26-20(28)18-6-3-13-32-18)15-7-10-27(11-8-15)22(30)25-17-5-2-4-16(23)14-17/h2-6,13-15,19H,7-12H2,1H3,(H,24,29)(H,25,30)(H,26,28). The first-order valence-corrected chi connectivity index (χ1v) is 11.7. The van der Waals surface area contributed by atoms with Crippen molar-refractivity contribution in [2.24, 2.45) is 5.92 Å². The summed E-state index contributed by atoms with van der Waals surface area (Å²) in [7, 11) is 1.56. The average Bonchev–Trinajstić information content (AvgIpc) is 3.33. The van der Waals surface area contributed by atoms with Gasteiger partial charge in [0, 0.05) is 37.5 Å². The topological polar surface area (TPSA) is 99.8 Å². The highest BCUT2D eigenvalue weighted by Crippen LogP contribution is 2.23. The summed E-state index contributed by atoms with van der Waals surface area (Å²) < 4.78 is 4.99. The first-order valence-electron chi connectivity index (χ1n) is 10.4. The van der Waals surface area contributed by atoms with Crippen molar-refractivity contribution in [2.75, 3.05) is 38.7 Å². The number of rotatable bonds is 8. The van der Waals surface area contributed by atoms with Gasteiger partial charge in [-0.15, -0.1) is 11.3 Å². The van der Waals surface area contributed by atoms with Gasteiger partial charge in [0.25, 0.3) is 5.91 Å². The molecule has 1 aromatic carbocycles. The number of carbonyl (C=O) groups is 3. The van der Waals surface area contributed by atoms with Gasteiger partial charge in [0.1, 0.15) is 6.04 Å². The summed E-state index contributed by atoms with van der Waals surface area (Å²) >= 11 is 7.30. The predicted molar refractivity (Wildman–Crippen MR) is 125 cm³/mol. The minimum absolute atomic E-state index is 0.0864. The molecule has 1 unspecified atom stereocenters. The van der Waals surface area contributed by atoms with Crippen LogP contribution < -0.4 is 16.0 Å². The van der Waals surface area contributed by atoms with Crippen LogP contribution >= 0.6 is 22.9 Å². The number of hydrogen-bond acceptors (Lipinski definition) is 5. The van der Waals surface area contributed by atoms with E-state index in [0.717, 1.165) is 0 Å². The normalized spacial score (nSPS) is 15.1. The van der Waals surface area contributed by atoms with Crippen LogP contribution in [0, 0.1) is 5.92 Å². The average molecular weight is 479 g/mol. The molecule has 1 aromatic heterocycles. The molecule has 0 saturated carbocycles. The molecule has 1 atom stereocenters. The van der Waals surface area contributed by atoms with Gasteiger partial charge in [-0.1, -0.05) is 23.7 Å². The number of ether oxygens (including phenoxy) is 1. The van der Waals surface area contributed by atoms with Gasteiger partial charge >= 0.3 is 6.03 Å². The van der Waals surface area contributed by atoms with Crippen molar-refractivity contribution in [1.82, 2.24) is 15.5 Å². The molecule has 2 heterocycles. The molecule has 0 aliphatic carbocycles. The molecule has 1 saturated heterocycles. The van der Waals surface area contributed by atoms with Crippen LogP contribution in [0.4, 0.5) is 10.5 Å². The molecular weight excluding hydrogens is 452 g/mol. The molecule has 0 radical (unpaired) electrons. The number of piperidine rings is 1. The van der Waals surface area contributed by atoms with Crippen LogP contribution in [0.1, 0.15) is 22.5 Å². The lowest BCUT2D eigenvalue weighted by molar-refractivity contribution is -0.124. The van der Waals surface area contributed by atoms with Gasteiger partial charge in [-0.2, -0.15) is 0 Å². The maximum absolute atomic E-state index is 12.8. The van der Waals surface area contributed by atoms with E-state index in [1.807, 2.05) is 5.38 Å². The van der Waals surface area contributed by atoms with Crippen LogP contribution in [0.2, 0.25) is 5.02 Å². The highest BCUT2D eigenvalue weighted by molar-refractivity contribution is 7.12. The van der Waals surface area contributed by atoms with Crippen LogP contribution in [0.5, 0.6) is 0 Å². The molecule has 0 bridgehead atoms. The summed E-state index contributed by atoms with van der Waals surface area (Å²) in [5.74, 6) is -0.599. The Morgan fingerprint density at radius 3 is 2.66 bits per heavy atom. The van der Waals surface area contributed by atoms with E-state index in [2.05, 4.69) is 16.0 Å². The fraction of sp³-hybridized carbons (Fsp3) is 0.409. The van der Waals surface area contributed by atoms with E-state index in [4.69, 9.17) is 16.3 Å². The Balaban J connectivity index is 1.60. The largest absolute Gasteiger partial charge is 0.383 e. The number of carbonyl (C=O) groups excluding carboxylic acids is 3. The highest BCUT2D eigenvalue weighted by atomic mass is 35.5. The first-order chi connectivity index (χ1) is 15.5. The number of urea groups is 1. The number of amides is 4. The number of likely N-dealkylation sites (tertiary alicyclic amines) is 1. The van der Waals surface area contributed by atoms with Gasteiger partial charge < -0.3 is 25.6 Å². The zero-order chi connectivity index (χ0) is 22.9. The molecular formula is C22H27ClN4O4S. The summed E-state index contributed by atoms with van der Waals surface area (Å²) in [6, 6.07) is 9.60. The quantitative estimate of drug-likeness (QED) is 0.507. The summed E-state index contributed by atoms with van der Waals surface area (Å²) in [5, 5.41) is 10.9. The summed E-state index contributed by atoms with van der Waals surface area (Å²) in [5.41, 5.74) is 0.628. The lowest BCUT2D eigenvalue weighted by Gasteiger charge is -2.35. The van der Waals surface area contributed by atoms with Gasteiger partial charge in [-0.25, -0.2) is 4.79 Å². The van der Waals surface area contributed by atoms with Crippen molar-refractivity contribution in [2.45, 2.75) is 18.9 Å². The highest BCUT2D eigenvalue weighted by Gasteiger charge is 2.34. The number of nitrogens with zero attached hydrogens (tertiary/aromatic N) is 1. The van der Waals surface area contributed by atoms with E-state index in [1.165, 1.54) is 11.3 Å². The van der Waals surface area contributed by atoms with E-state index < -0.39 is 6.04 Å². The molecule has 2 aromatic rings. The molecule has 32 heavy (non-hydrogen) atoms. The molecule has 1 fully saturated rings. The van der Waals surface area contributed by atoms with Crippen molar-refractivity contribution in [3.05, 3.63) is 51.7 Å². The van der Waals surface area contributed by atoms with Crippen LogP contribution in [-0.4, -0.2) is 62.1 Å². The maximum atomic E-state index is 12.8. The Labute approximate surface area is 196 Å². The minimum Gasteiger partial charge on any atom is -0.383 e. The van der Waals surface area contributed by atoms with Crippen molar-refractivity contribution < 1.29 is 19.1 Å². The van der Waals surface area contributed by atoms with E-state index in [9.17, 15) is 14.4 Å². The molecule has 172 valence electrons. The third-order valence-corrected chi connectivity index (χ3v) is 6.40. The van der Waals surface area contributed by atoms with Gasteiger partial charge in [-0.05, 0) is 48.4 Å². The molecule has 3 rings (SSSR count). The Hall–Kier alpha value is -2.62. The molecule has 1 aliphatic rings. The van der Waals surface area contributed by atoms with Gasteiger partial charge in [-0.3, -0.25) is 9.59 Å².